The quantitative estimate of drug-likeness (QED) is 0.634. The number of hydrogen-bond acceptors (Lipinski definition) is 5. The van der Waals surface area contributed by atoms with E-state index < -0.39 is 0 Å². The van der Waals surface area contributed by atoms with Crippen molar-refractivity contribution >= 4 is 29.6 Å². The molecule has 1 atom stereocenters. The molecule has 1 heterocycles. The van der Waals surface area contributed by atoms with Crippen molar-refractivity contribution in [2.75, 3.05) is 32.2 Å². The number of rotatable bonds is 8. The smallest absolute Gasteiger partial charge is 0.336 e. The van der Waals surface area contributed by atoms with Crippen molar-refractivity contribution in [3.05, 3.63) is 53.1 Å². The summed E-state index contributed by atoms with van der Waals surface area (Å²) in [6.07, 6.45) is 2.85. The van der Waals surface area contributed by atoms with E-state index in [0.717, 1.165) is 31.2 Å². The number of hydrazine groups is 1. The van der Waals surface area contributed by atoms with Gasteiger partial charge in [-0.2, -0.15) is 0 Å². The van der Waals surface area contributed by atoms with Crippen LogP contribution in [0.3, 0.4) is 0 Å². The van der Waals surface area contributed by atoms with E-state index in [0.29, 0.717) is 22.2 Å². The monoisotopic (exact) mass is 431 g/mol. The Bertz CT molecular complexity index is 892. The minimum absolute atomic E-state index is 0.00734. The molecular formula is C22H26ClN3O4. The van der Waals surface area contributed by atoms with Crippen molar-refractivity contribution in [2.45, 2.75) is 25.3 Å². The lowest BCUT2D eigenvalue weighted by Crippen LogP contribution is -2.49. The normalized spacial score (nSPS) is 16.2. The molecule has 30 heavy (non-hydrogen) atoms. The largest absolute Gasteiger partial charge is 0.493 e. The zero-order chi connectivity index (χ0) is 21.5. The maximum atomic E-state index is 13.1. The van der Waals surface area contributed by atoms with Crippen molar-refractivity contribution in [2.24, 2.45) is 0 Å². The average Bonchev–Trinajstić information content (AvgIpc) is 3.22. The number of nitrogens with zero attached hydrogens (tertiary/aromatic N) is 2. The number of benzene rings is 2. The van der Waals surface area contributed by atoms with Gasteiger partial charge in [0.1, 0.15) is 6.29 Å². The topological polar surface area (TPSA) is 71.1 Å². The van der Waals surface area contributed by atoms with Crippen LogP contribution in [0.1, 0.15) is 30.9 Å². The van der Waals surface area contributed by atoms with Gasteiger partial charge in [0.25, 0.3) is 0 Å². The van der Waals surface area contributed by atoms with E-state index in [4.69, 9.17) is 21.1 Å². The van der Waals surface area contributed by atoms with Crippen LogP contribution in [-0.4, -0.2) is 44.6 Å². The van der Waals surface area contributed by atoms with E-state index in [1.54, 1.807) is 32.4 Å². The second kappa shape index (κ2) is 10.3. The Hall–Kier alpha value is -2.77. The summed E-state index contributed by atoms with van der Waals surface area (Å²) < 4.78 is 10.7. The van der Waals surface area contributed by atoms with Gasteiger partial charge in [0.2, 0.25) is 0 Å². The van der Waals surface area contributed by atoms with E-state index >= 15 is 0 Å². The molecule has 1 saturated heterocycles. The first-order chi connectivity index (χ1) is 14.6. The number of para-hydroxylation sites is 1. The van der Waals surface area contributed by atoms with Gasteiger partial charge in [-0.1, -0.05) is 29.8 Å². The summed E-state index contributed by atoms with van der Waals surface area (Å²) in [5.41, 5.74) is 4.60. The Balaban J connectivity index is 1.80. The molecule has 0 aromatic heterocycles. The van der Waals surface area contributed by atoms with Crippen LogP contribution in [0.15, 0.2) is 42.5 Å². The number of anilines is 1. The molecule has 2 aromatic carbocycles. The molecule has 1 aliphatic rings. The Labute approximate surface area is 181 Å². The fourth-order valence-corrected chi connectivity index (χ4v) is 3.91. The summed E-state index contributed by atoms with van der Waals surface area (Å²) in [6.45, 7) is 0.961. The van der Waals surface area contributed by atoms with Gasteiger partial charge in [0.15, 0.2) is 11.5 Å². The summed E-state index contributed by atoms with van der Waals surface area (Å²) in [4.78, 5) is 25.5. The molecule has 3 rings (SSSR count). The molecule has 0 radical (unpaired) electrons. The molecular weight excluding hydrogens is 406 g/mol. The molecule has 1 fully saturated rings. The third-order valence-corrected chi connectivity index (χ3v) is 5.46. The van der Waals surface area contributed by atoms with Crippen LogP contribution in [0.4, 0.5) is 10.5 Å². The number of halogens is 1. The third kappa shape index (κ3) is 4.86. The Morgan fingerprint density at radius 1 is 1.23 bits per heavy atom. The van der Waals surface area contributed by atoms with E-state index in [1.807, 2.05) is 29.3 Å². The minimum Gasteiger partial charge on any atom is -0.493 e. The minimum atomic E-state index is -0.322. The number of methoxy groups -OCH3 is 2. The Morgan fingerprint density at radius 2 is 2.00 bits per heavy atom. The fraction of sp³-hybridized carbons (Fsp3) is 0.364. The first-order valence-corrected chi connectivity index (χ1v) is 10.2. The van der Waals surface area contributed by atoms with Gasteiger partial charge in [-0.25, -0.2) is 9.80 Å². The van der Waals surface area contributed by atoms with E-state index in [1.165, 1.54) is 4.90 Å². The van der Waals surface area contributed by atoms with Gasteiger partial charge in [-0.15, -0.1) is 0 Å². The fourth-order valence-electron chi connectivity index (χ4n) is 3.67. The van der Waals surface area contributed by atoms with Crippen LogP contribution >= 0.6 is 11.6 Å². The number of urea groups is 1. The molecule has 0 saturated carbocycles. The van der Waals surface area contributed by atoms with Gasteiger partial charge < -0.3 is 14.3 Å². The number of amides is 2. The lowest BCUT2D eigenvalue weighted by Gasteiger charge is -2.30. The third-order valence-electron chi connectivity index (χ3n) is 5.14. The first-order valence-electron chi connectivity index (χ1n) is 9.84. The summed E-state index contributed by atoms with van der Waals surface area (Å²) in [6, 6.07) is 12.6. The summed E-state index contributed by atoms with van der Waals surface area (Å²) in [5, 5.41) is 2.38. The molecule has 2 amide bonds. The summed E-state index contributed by atoms with van der Waals surface area (Å²) >= 11 is 6.30. The SMILES string of the molecule is COc1ccc(C2CCCN2NC(=O)N(CCC=O)c2ccccc2Cl)cc1OC. The van der Waals surface area contributed by atoms with Crippen molar-refractivity contribution in [1.82, 2.24) is 10.4 Å². The van der Waals surface area contributed by atoms with E-state index in [2.05, 4.69) is 5.43 Å². The molecule has 1 unspecified atom stereocenters. The van der Waals surface area contributed by atoms with Crippen LogP contribution in [-0.2, 0) is 4.79 Å². The molecule has 1 N–H and O–H groups in total. The highest BCUT2D eigenvalue weighted by atomic mass is 35.5. The lowest BCUT2D eigenvalue weighted by atomic mass is 10.0. The Morgan fingerprint density at radius 3 is 2.70 bits per heavy atom. The van der Waals surface area contributed by atoms with Gasteiger partial charge in [-0.3, -0.25) is 10.3 Å². The second-order valence-corrected chi connectivity index (χ2v) is 7.35. The van der Waals surface area contributed by atoms with Crippen molar-refractivity contribution in [3.63, 3.8) is 0 Å². The maximum absolute atomic E-state index is 13.1. The highest BCUT2D eigenvalue weighted by molar-refractivity contribution is 6.33. The number of ether oxygens (including phenoxy) is 2. The summed E-state index contributed by atoms with van der Waals surface area (Å²) in [7, 11) is 3.20. The van der Waals surface area contributed by atoms with Crippen LogP contribution < -0.4 is 19.8 Å². The predicted molar refractivity (Wildman–Crippen MR) is 116 cm³/mol. The first kappa shape index (κ1) is 21.9. The zero-order valence-corrected chi connectivity index (χ0v) is 17.9. The average molecular weight is 432 g/mol. The van der Waals surface area contributed by atoms with E-state index in [-0.39, 0.29) is 25.0 Å². The standard InChI is InChI=1S/C22H26ClN3O4/c1-29-20-11-10-16(15-21(20)30-2)18-9-5-13-26(18)24-22(28)25(12-6-14-27)19-8-4-3-7-17(19)23/h3-4,7-8,10-11,14-15,18H,5-6,9,12-13H2,1-2H3,(H,24,28). The van der Waals surface area contributed by atoms with Crippen molar-refractivity contribution in [3.8, 4) is 11.5 Å². The second-order valence-electron chi connectivity index (χ2n) is 6.94. The summed E-state index contributed by atoms with van der Waals surface area (Å²) in [5.74, 6) is 1.31. The number of carbonyl (C=O) groups excluding carboxylic acids is 2. The van der Waals surface area contributed by atoms with Gasteiger partial charge in [0, 0.05) is 19.5 Å². The number of hydrogen-bond donors (Lipinski definition) is 1. The molecule has 160 valence electrons. The Kier molecular flexibility index (Phi) is 7.54. The van der Waals surface area contributed by atoms with Crippen LogP contribution in [0.25, 0.3) is 0 Å². The molecule has 2 aromatic rings. The number of aldehydes is 1. The zero-order valence-electron chi connectivity index (χ0n) is 17.1. The lowest BCUT2D eigenvalue weighted by molar-refractivity contribution is -0.107. The van der Waals surface area contributed by atoms with Crippen LogP contribution in [0.2, 0.25) is 5.02 Å². The van der Waals surface area contributed by atoms with E-state index in [9.17, 15) is 9.59 Å². The highest BCUT2D eigenvalue weighted by Gasteiger charge is 2.30. The van der Waals surface area contributed by atoms with Gasteiger partial charge in [-0.05, 0) is 42.7 Å². The van der Waals surface area contributed by atoms with Gasteiger partial charge in [0.05, 0.1) is 31.0 Å². The predicted octanol–water partition coefficient (Wildman–Crippen LogP) is 4.21. The molecule has 7 nitrogen and oxygen atoms in total. The van der Waals surface area contributed by atoms with Crippen LogP contribution in [0.5, 0.6) is 11.5 Å². The maximum Gasteiger partial charge on any atom is 0.336 e. The number of carbonyl (C=O) groups is 2. The molecule has 8 heteroatoms. The van der Waals surface area contributed by atoms with Crippen molar-refractivity contribution < 1.29 is 19.1 Å². The highest BCUT2D eigenvalue weighted by Crippen LogP contribution is 2.36. The molecule has 0 spiro atoms. The van der Waals surface area contributed by atoms with Crippen molar-refractivity contribution in [1.29, 1.82) is 0 Å². The molecule has 0 aliphatic carbocycles. The molecule has 1 aliphatic heterocycles. The number of nitrogens with one attached hydrogen (secondary N) is 1. The van der Waals surface area contributed by atoms with Gasteiger partial charge >= 0.3 is 6.03 Å². The molecule has 0 bridgehead atoms. The van der Waals surface area contributed by atoms with Crippen LogP contribution in [0, 0.1) is 0 Å².